The number of nitrogen functional groups attached to an aromatic ring is 1. The number of nitrogens with two attached hydrogens (primary N) is 1. The summed E-state index contributed by atoms with van der Waals surface area (Å²) < 4.78 is 34.1. The van der Waals surface area contributed by atoms with Gasteiger partial charge in [-0.3, -0.25) is 9.78 Å². The second kappa shape index (κ2) is 18.8. The maximum absolute atomic E-state index is 13.9. The van der Waals surface area contributed by atoms with Crippen molar-refractivity contribution in [3.8, 4) is 0 Å². The molecule has 5 N–H and O–H groups in total. The predicted molar refractivity (Wildman–Crippen MR) is 193 cm³/mol. The van der Waals surface area contributed by atoms with Crippen molar-refractivity contribution in [2.45, 2.75) is 62.6 Å². The molecule has 266 valence electrons. The molecule has 4 rings (SSSR count). The van der Waals surface area contributed by atoms with E-state index in [2.05, 4.69) is 15.6 Å². The van der Waals surface area contributed by atoms with Gasteiger partial charge in [0.05, 0.1) is 11.5 Å². The smallest absolute Gasteiger partial charge is 0.408 e. The van der Waals surface area contributed by atoms with Gasteiger partial charge in [0.15, 0.2) is 0 Å². The summed E-state index contributed by atoms with van der Waals surface area (Å²) in [5, 5.41) is 16.1. The van der Waals surface area contributed by atoms with Crippen LogP contribution in [0.5, 0.6) is 0 Å². The quantitative estimate of drug-likeness (QED) is 0.0824. The summed E-state index contributed by atoms with van der Waals surface area (Å²) in [5.74, 6) is -0.896. The van der Waals surface area contributed by atoms with Crippen LogP contribution in [-0.2, 0) is 26.2 Å². The Bertz CT molecular complexity index is 1690. The molecule has 2 amide bonds. The lowest BCUT2D eigenvalue weighted by atomic mass is 9.84. The topological polar surface area (TPSA) is 164 Å². The molecule has 0 aliphatic heterocycles. The van der Waals surface area contributed by atoms with Crippen LogP contribution in [0.1, 0.15) is 55.7 Å². The maximum atomic E-state index is 13.9. The zero-order chi connectivity index (χ0) is 35.9. The Morgan fingerprint density at radius 2 is 1.54 bits per heavy atom. The van der Waals surface area contributed by atoms with Crippen LogP contribution in [0, 0.1) is 5.92 Å². The minimum Gasteiger partial charge on any atom is -0.445 e. The van der Waals surface area contributed by atoms with Crippen molar-refractivity contribution in [2.75, 3.05) is 25.4 Å². The van der Waals surface area contributed by atoms with E-state index in [9.17, 15) is 23.1 Å². The van der Waals surface area contributed by atoms with Gasteiger partial charge >= 0.3 is 6.09 Å². The molecular formula is C38H47N5O6S. The highest BCUT2D eigenvalue weighted by molar-refractivity contribution is 7.89. The van der Waals surface area contributed by atoms with Crippen molar-refractivity contribution < 1.29 is 27.9 Å². The first-order valence-corrected chi connectivity index (χ1v) is 18.2. The van der Waals surface area contributed by atoms with E-state index in [-0.39, 0.29) is 37.1 Å². The Morgan fingerprint density at radius 1 is 0.900 bits per heavy atom. The Kier molecular flexibility index (Phi) is 14.3. The number of benzene rings is 3. The fourth-order valence-electron chi connectivity index (χ4n) is 5.73. The first-order valence-electron chi connectivity index (χ1n) is 16.8. The third kappa shape index (κ3) is 10.9. The molecule has 2 atom stereocenters. The summed E-state index contributed by atoms with van der Waals surface area (Å²) in [6, 6.07) is 26.9. The van der Waals surface area contributed by atoms with Gasteiger partial charge in [0.25, 0.3) is 0 Å². The average molecular weight is 702 g/mol. The zero-order valence-corrected chi connectivity index (χ0v) is 29.3. The summed E-state index contributed by atoms with van der Waals surface area (Å²) in [4.78, 5) is 31.2. The summed E-state index contributed by atoms with van der Waals surface area (Å²) in [6.45, 7) is 3.99. The summed E-state index contributed by atoms with van der Waals surface area (Å²) in [7, 11) is -3.90. The van der Waals surface area contributed by atoms with E-state index in [1.165, 1.54) is 16.4 Å². The number of aliphatic hydroxyl groups is 1. The summed E-state index contributed by atoms with van der Waals surface area (Å²) >= 11 is 0. The van der Waals surface area contributed by atoms with Gasteiger partial charge in [-0.1, -0.05) is 87.0 Å². The number of aromatic nitrogens is 1. The van der Waals surface area contributed by atoms with Crippen LogP contribution in [0.2, 0.25) is 0 Å². The van der Waals surface area contributed by atoms with Crippen LogP contribution in [0.4, 0.5) is 10.5 Å². The number of carbonyl (C=O) groups is 2. The lowest BCUT2D eigenvalue weighted by molar-refractivity contribution is -0.123. The van der Waals surface area contributed by atoms with E-state index in [0.29, 0.717) is 30.5 Å². The Hall–Kier alpha value is -4.78. The molecule has 4 aromatic rings. The van der Waals surface area contributed by atoms with E-state index in [1.54, 1.807) is 36.7 Å². The van der Waals surface area contributed by atoms with Gasteiger partial charge in [-0.2, -0.15) is 4.31 Å². The van der Waals surface area contributed by atoms with Crippen LogP contribution in [-0.4, -0.2) is 66.6 Å². The molecule has 3 aromatic carbocycles. The van der Waals surface area contributed by atoms with Gasteiger partial charge < -0.3 is 26.2 Å². The number of hydrogen-bond donors (Lipinski definition) is 4. The van der Waals surface area contributed by atoms with Crippen LogP contribution < -0.4 is 16.4 Å². The maximum Gasteiger partial charge on any atom is 0.408 e. The molecule has 0 saturated carbocycles. The van der Waals surface area contributed by atoms with Crippen molar-refractivity contribution in [2.24, 2.45) is 5.92 Å². The number of anilines is 1. The number of nitrogens with zero attached hydrogens (tertiary/aromatic N) is 2. The number of pyridine rings is 1. The number of ether oxygens (including phenoxy) is 1. The molecule has 0 unspecified atom stereocenters. The number of aliphatic hydroxyl groups excluding tert-OH is 1. The second-order valence-corrected chi connectivity index (χ2v) is 14.4. The predicted octanol–water partition coefficient (Wildman–Crippen LogP) is 5.09. The summed E-state index contributed by atoms with van der Waals surface area (Å²) in [6.07, 6.45) is 3.91. The minimum atomic E-state index is -3.90. The molecule has 1 aromatic heterocycles. The monoisotopic (exact) mass is 701 g/mol. The fraction of sp³-hybridized carbons (Fsp3) is 0.342. The molecule has 0 fully saturated rings. The van der Waals surface area contributed by atoms with Gasteiger partial charge in [-0.15, -0.1) is 0 Å². The van der Waals surface area contributed by atoms with Gasteiger partial charge in [-0.05, 0) is 60.2 Å². The van der Waals surface area contributed by atoms with E-state index in [0.717, 1.165) is 11.1 Å². The van der Waals surface area contributed by atoms with E-state index in [1.807, 2.05) is 74.5 Å². The average Bonchev–Trinajstić information content (AvgIpc) is 3.12. The molecule has 0 radical (unpaired) electrons. The highest BCUT2D eigenvalue weighted by Crippen LogP contribution is 2.29. The lowest BCUT2D eigenvalue weighted by Gasteiger charge is -2.31. The molecule has 50 heavy (non-hydrogen) atoms. The zero-order valence-electron chi connectivity index (χ0n) is 28.5. The number of amides is 2. The Morgan fingerprint density at radius 3 is 2.10 bits per heavy atom. The second-order valence-electron chi connectivity index (χ2n) is 12.5. The largest absolute Gasteiger partial charge is 0.445 e. The molecule has 1 heterocycles. The first kappa shape index (κ1) is 38.0. The van der Waals surface area contributed by atoms with Crippen molar-refractivity contribution in [3.05, 3.63) is 126 Å². The first-order chi connectivity index (χ1) is 24.1. The fourth-order valence-corrected chi connectivity index (χ4v) is 7.54. The number of hydrogen-bond acceptors (Lipinski definition) is 8. The number of sulfonamides is 1. The molecule has 0 spiro atoms. The third-order valence-corrected chi connectivity index (χ3v) is 10.1. The molecule has 0 saturated heterocycles. The molecule has 0 bridgehead atoms. The highest BCUT2D eigenvalue weighted by atomic mass is 32.2. The van der Waals surface area contributed by atoms with E-state index >= 15 is 0 Å². The van der Waals surface area contributed by atoms with Gasteiger partial charge in [0.2, 0.25) is 15.9 Å². The molecular weight excluding hydrogens is 655 g/mol. The minimum absolute atomic E-state index is 0.0107. The van der Waals surface area contributed by atoms with Crippen LogP contribution in [0.15, 0.2) is 114 Å². The molecule has 12 heteroatoms. The standard InChI is InChI=1S/C38H47N5O6S/c1-28(2)25-43(50(47,48)34-20-18-32(39)19-21-34)33(26-44)17-9-10-23-41-37(45)36(42-38(46)49-27-29-12-11-22-40-24-29)35(30-13-5-3-6-14-30)31-15-7-4-8-16-31/h3-8,11-16,18-22,24,28,33,35-36,44H,9-10,17,23,25-27,39H2,1-2H3,(H,41,45)(H,42,46)/t33-,36-/m0/s1. The van der Waals surface area contributed by atoms with Gasteiger partial charge in [0.1, 0.15) is 12.6 Å². The molecule has 11 nitrogen and oxygen atoms in total. The summed E-state index contributed by atoms with van der Waals surface area (Å²) in [5.41, 5.74) is 8.62. The van der Waals surface area contributed by atoms with Crippen LogP contribution in [0.3, 0.4) is 0 Å². The highest BCUT2D eigenvalue weighted by Gasteiger charge is 2.34. The van der Waals surface area contributed by atoms with E-state index in [4.69, 9.17) is 10.5 Å². The third-order valence-electron chi connectivity index (χ3n) is 8.21. The van der Waals surface area contributed by atoms with Crippen molar-refractivity contribution in [1.82, 2.24) is 19.9 Å². The van der Waals surface area contributed by atoms with Crippen molar-refractivity contribution >= 4 is 27.7 Å². The van der Waals surface area contributed by atoms with Crippen molar-refractivity contribution in [3.63, 3.8) is 0 Å². The number of alkyl carbamates (subject to hydrolysis) is 1. The van der Waals surface area contributed by atoms with Gasteiger partial charge in [0, 0.05) is 48.7 Å². The Balaban J connectivity index is 1.45. The normalized spacial score (nSPS) is 12.8. The van der Waals surface area contributed by atoms with Crippen LogP contribution >= 0.6 is 0 Å². The number of nitrogens with one attached hydrogen (secondary N) is 2. The van der Waals surface area contributed by atoms with Crippen molar-refractivity contribution in [1.29, 1.82) is 0 Å². The number of unbranched alkanes of at least 4 members (excludes halogenated alkanes) is 1. The molecule has 0 aliphatic rings. The Labute approximate surface area is 294 Å². The number of rotatable bonds is 18. The lowest BCUT2D eigenvalue weighted by Crippen LogP contribution is -2.50. The molecule has 0 aliphatic carbocycles. The number of carbonyl (C=O) groups excluding carboxylic acids is 2. The van der Waals surface area contributed by atoms with E-state index < -0.39 is 40.0 Å². The van der Waals surface area contributed by atoms with Gasteiger partial charge in [-0.25, -0.2) is 13.2 Å². The van der Waals surface area contributed by atoms with Crippen LogP contribution in [0.25, 0.3) is 0 Å². The SMILES string of the molecule is CC(C)CN([C@H](CO)CCCCNC(=O)[C@@H](NC(=O)OCc1cccnc1)C(c1ccccc1)c1ccccc1)S(=O)(=O)c1ccc(N)cc1.